The zero-order valence-corrected chi connectivity index (χ0v) is 18.2. The summed E-state index contributed by atoms with van der Waals surface area (Å²) >= 11 is 3.35. The number of hydrogen-bond acceptors (Lipinski definition) is 8. The monoisotopic (exact) mass is 455 g/mol. The van der Waals surface area contributed by atoms with E-state index in [1.54, 1.807) is 37.3 Å². The molecule has 3 aromatic rings. The van der Waals surface area contributed by atoms with Gasteiger partial charge in [0.05, 0.1) is 19.9 Å². The summed E-state index contributed by atoms with van der Waals surface area (Å²) in [5.74, 6) is 1.70. The molecular formula is C19H18ClNO6S2. The third-order valence-electron chi connectivity index (χ3n) is 3.61. The molecule has 0 fully saturated rings. The summed E-state index contributed by atoms with van der Waals surface area (Å²) in [4.78, 5) is 5.94. The molecule has 0 spiro atoms. The molecule has 0 saturated heterocycles. The first-order chi connectivity index (χ1) is 13.7. The summed E-state index contributed by atoms with van der Waals surface area (Å²) in [5, 5.41) is 0. The lowest BCUT2D eigenvalue weighted by Crippen LogP contribution is -2.68. The van der Waals surface area contributed by atoms with Crippen LogP contribution in [-0.2, 0) is 0 Å². The Kier molecular flexibility index (Phi) is 8.60. The van der Waals surface area contributed by atoms with Crippen LogP contribution in [0.15, 0.2) is 58.9 Å². The highest BCUT2D eigenvalue weighted by atomic mass is 35.7. The molecular weight excluding hydrogens is 438 g/mol. The first-order valence-electron chi connectivity index (χ1n) is 8.03. The van der Waals surface area contributed by atoms with E-state index in [1.807, 2.05) is 36.4 Å². The predicted molar refractivity (Wildman–Crippen MR) is 102 cm³/mol. The first-order valence-corrected chi connectivity index (χ1v) is 11.3. The van der Waals surface area contributed by atoms with Crippen LogP contribution in [-0.4, -0.2) is 25.5 Å². The molecule has 0 amide bonds. The minimum absolute atomic E-state index is 0.845. The third kappa shape index (κ3) is 7.75. The number of nitrogens with zero attached hydrogens (tertiary/aromatic N) is 1. The van der Waals surface area contributed by atoms with E-state index in [2.05, 4.69) is 24.5 Å². The van der Waals surface area contributed by atoms with Crippen molar-refractivity contribution in [2.45, 2.75) is 4.34 Å². The molecule has 0 radical (unpaired) electrons. The van der Waals surface area contributed by atoms with Crippen LogP contribution >= 0.6 is 23.1 Å². The second-order valence-electron chi connectivity index (χ2n) is 5.41. The zero-order valence-electron chi connectivity index (χ0n) is 15.8. The SMILES string of the molecule is COc1ccc(-c2cc(-c3ccc(OC)cc3)[s+]c(SC)n2)cc1.[O-][Cl+3]([O-])([O-])[O-]. The highest BCUT2D eigenvalue weighted by Crippen LogP contribution is 2.34. The van der Waals surface area contributed by atoms with E-state index in [9.17, 15) is 0 Å². The van der Waals surface area contributed by atoms with Gasteiger partial charge in [-0.05, 0) is 66.5 Å². The molecule has 0 bridgehead atoms. The van der Waals surface area contributed by atoms with E-state index < -0.39 is 10.2 Å². The van der Waals surface area contributed by atoms with Gasteiger partial charge in [0.1, 0.15) is 11.5 Å². The summed E-state index contributed by atoms with van der Waals surface area (Å²) in [5.41, 5.74) is 3.20. The van der Waals surface area contributed by atoms with E-state index in [4.69, 9.17) is 33.1 Å². The number of ether oxygens (including phenoxy) is 2. The van der Waals surface area contributed by atoms with E-state index in [1.165, 1.54) is 4.88 Å². The van der Waals surface area contributed by atoms with Gasteiger partial charge >= 0.3 is 4.34 Å². The molecule has 1 heterocycles. The van der Waals surface area contributed by atoms with Gasteiger partial charge in [-0.15, -0.1) is 10.2 Å². The van der Waals surface area contributed by atoms with Gasteiger partial charge in [-0.1, -0.05) is 0 Å². The summed E-state index contributed by atoms with van der Waals surface area (Å²) < 4.78 is 45.5. The van der Waals surface area contributed by atoms with Crippen LogP contribution in [0.25, 0.3) is 21.7 Å². The van der Waals surface area contributed by atoms with Crippen LogP contribution < -0.4 is 28.1 Å². The molecule has 0 saturated carbocycles. The number of thioether (sulfide) groups is 1. The van der Waals surface area contributed by atoms with E-state index in [0.717, 1.165) is 32.7 Å². The van der Waals surface area contributed by atoms with Crippen molar-refractivity contribution in [3.8, 4) is 33.2 Å². The van der Waals surface area contributed by atoms with Gasteiger partial charge in [-0.3, -0.25) is 0 Å². The first kappa shape index (κ1) is 23.3. The van der Waals surface area contributed by atoms with Crippen molar-refractivity contribution in [2.75, 3.05) is 20.5 Å². The average Bonchev–Trinajstić information content (AvgIpc) is 2.72. The Morgan fingerprint density at radius 3 is 1.69 bits per heavy atom. The lowest BCUT2D eigenvalue weighted by atomic mass is 10.1. The summed E-state index contributed by atoms with van der Waals surface area (Å²) in [7, 11) is -1.59. The molecule has 29 heavy (non-hydrogen) atoms. The summed E-state index contributed by atoms with van der Waals surface area (Å²) in [6.45, 7) is 0. The van der Waals surface area contributed by atoms with Crippen LogP contribution in [0.2, 0.25) is 0 Å². The van der Waals surface area contributed by atoms with Crippen LogP contribution in [0.1, 0.15) is 0 Å². The molecule has 0 unspecified atom stereocenters. The standard InChI is InChI=1S/C19H18NO2S2.ClHO4/c1-21-15-8-4-13(5-9-15)17-12-18(24-19(20-17)23-3)14-6-10-16(22-2)11-7-14;2-1(3,4)5/h4-12H,1-3H3;(H,2,3,4,5)/q+1;/p-1. The normalized spacial score (nSPS) is 10.7. The molecule has 3 rings (SSSR count). The molecule has 2 aromatic carbocycles. The van der Waals surface area contributed by atoms with Crippen molar-refractivity contribution in [3.05, 3.63) is 54.6 Å². The van der Waals surface area contributed by atoms with Crippen molar-refractivity contribution < 1.29 is 38.4 Å². The Morgan fingerprint density at radius 1 is 0.828 bits per heavy atom. The van der Waals surface area contributed by atoms with Gasteiger partial charge in [0.2, 0.25) is 4.88 Å². The minimum atomic E-state index is -4.94. The molecule has 7 nitrogen and oxygen atoms in total. The minimum Gasteiger partial charge on any atom is -0.497 e. The number of benzene rings is 2. The Morgan fingerprint density at radius 2 is 1.28 bits per heavy atom. The average molecular weight is 456 g/mol. The maximum Gasteiger partial charge on any atom is 0.359 e. The van der Waals surface area contributed by atoms with Gasteiger partial charge in [0, 0.05) is 17.2 Å². The highest BCUT2D eigenvalue weighted by molar-refractivity contribution is 8.00. The lowest BCUT2D eigenvalue weighted by molar-refractivity contribution is -2.00. The fourth-order valence-electron chi connectivity index (χ4n) is 2.30. The van der Waals surface area contributed by atoms with Crippen LogP contribution in [0.5, 0.6) is 11.5 Å². The molecule has 10 heteroatoms. The fraction of sp³-hybridized carbons (Fsp3) is 0.158. The zero-order chi connectivity index (χ0) is 21.4. The van der Waals surface area contributed by atoms with Crippen molar-refractivity contribution in [2.24, 2.45) is 0 Å². The second-order valence-corrected chi connectivity index (χ2v) is 8.25. The molecule has 154 valence electrons. The van der Waals surface area contributed by atoms with E-state index in [-0.39, 0.29) is 0 Å². The summed E-state index contributed by atoms with van der Waals surface area (Å²) in [6.07, 6.45) is 2.05. The lowest BCUT2D eigenvalue weighted by Gasteiger charge is -2.17. The van der Waals surface area contributed by atoms with Gasteiger partial charge in [-0.25, -0.2) is 18.6 Å². The molecule has 0 aliphatic rings. The van der Waals surface area contributed by atoms with Crippen molar-refractivity contribution in [1.82, 2.24) is 4.98 Å². The van der Waals surface area contributed by atoms with Gasteiger partial charge < -0.3 is 9.47 Å². The largest absolute Gasteiger partial charge is 0.497 e. The maximum atomic E-state index is 8.49. The van der Waals surface area contributed by atoms with Crippen molar-refractivity contribution >= 4 is 23.1 Å². The van der Waals surface area contributed by atoms with Crippen molar-refractivity contribution in [3.63, 3.8) is 0 Å². The number of methoxy groups -OCH3 is 2. The molecule has 1 aromatic heterocycles. The third-order valence-corrected chi connectivity index (χ3v) is 5.64. The highest BCUT2D eigenvalue weighted by Gasteiger charge is 2.19. The Hall–Kier alpha value is -1.98. The molecule has 0 N–H and O–H groups in total. The van der Waals surface area contributed by atoms with Gasteiger partial charge in [0.25, 0.3) is 11.3 Å². The smallest absolute Gasteiger partial charge is 0.359 e. The molecule has 0 aliphatic carbocycles. The number of aromatic nitrogens is 1. The van der Waals surface area contributed by atoms with E-state index in [0.29, 0.717) is 0 Å². The van der Waals surface area contributed by atoms with Gasteiger partial charge in [-0.2, -0.15) is 4.98 Å². The van der Waals surface area contributed by atoms with Gasteiger partial charge in [0.15, 0.2) is 0 Å². The van der Waals surface area contributed by atoms with E-state index >= 15 is 0 Å². The number of hydrogen-bond donors (Lipinski definition) is 0. The van der Waals surface area contributed by atoms with Crippen LogP contribution in [0.3, 0.4) is 0 Å². The second kappa shape index (κ2) is 10.7. The molecule has 0 aliphatic heterocycles. The Bertz CT molecular complexity index is 846. The maximum absolute atomic E-state index is 8.49. The topological polar surface area (TPSA) is 124 Å². The van der Waals surface area contributed by atoms with Crippen LogP contribution in [0.4, 0.5) is 0 Å². The quantitative estimate of drug-likeness (QED) is 0.407. The molecule has 0 atom stereocenters. The predicted octanol–water partition coefficient (Wildman–Crippen LogP) is 0.741. The Labute approximate surface area is 179 Å². The Balaban J connectivity index is 0.000000537. The fourth-order valence-corrected chi connectivity index (χ4v) is 3.84. The van der Waals surface area contributed by atoms with Crippen molar-refractivity contribution in [1.29, 1.82) is 0 Å². The number of halogens is 1. The summed E-state index contributed by atoms with van der Waals surface area (Å²) in [6, 6.07) is 18.2. The van der Waals surface area contributed by atoms with Crippen LogP contribution in [0, 0.1) is 10.2 Å². The number of rotatable bonds is 5.